The molecule has 0 aromatic carbocycles. The molecular formula is C15H22N2O2. The molecule has 0 N–H and O–H groups in total. The molecule has 1 aliphatic heterocycles. The topological polar surface area (TPSA) is 42.4 Å². The second kappa shape index (κ2) is 6.66. The summed E-state index contributed by atoms with van der Waals surface area (Å²) in [6.07, 6.45) is 5.88. The van der Waals surface area contributed by atoms with Gasteiger partial charge in [0.25, 0.3) is 0 Å². The van der Waals surface area contributed by atoms with Crippen LogP contribution in [0.2, 0.25) is 0 Å². The molecule has 0 radical (unpaired) electrons. The molecule has 1 atom stereocenters. The van der Waals surface area contributed by atoms with Gasteiger partial charge in [-0.1, -0.05) is 13.3 Å². The number of likely N-dealkylation sites (N-methyl/N-ethyl adjacent to an activating group) is 1. The lowest BCUT2D eigenvalue weighted by atomic mass is 10.0. The van der Waals surface area contributed by atoms with Crippen LogP contribution in [0, 0.1) is 0 Å². The molecule has 0 aliphatic carbocycles. The number of Topliss-reactive ketones (excluding diaryl/α,β-unsaturated/α-hetero) is 1. The lowest BCUT2D eigenvalue weighted by Gasteiger charge is -2.32. The van der Waals surface area contributed by atoms with Crippen molar-refractivity contribution in [3.63, 3.8) is 0 Å². The highest BCUT2D eigenvalue weighted by Crippen LogP contribution is 2.17. The van der Waals surface area contributed by atoms with Crippen molar-refractivity contribution in [1.82, 2.24) is 9.88 Å². The van der Waals surface area contributed by atoms with Gasteiger partial charge in [0.05, 0.1) is 6.20 Å². The molecule has 1 aromatic rings. The van der Waals surface area contributed by atoms with Crippen molar-refractivity contribution < 1.29 is 9.53 Å². The summed E-state index contributed by atoms with van der Waals surface area (Å²) in [5.74, 6) is 0.810. The van der Waals surface area contributed by atoms with Crippen LogP contribution in [0.3, 0.4) is 0 Å². The first-order chi connectivity index (χ1) is 9.20. The Bertz CT molecular complexity index is 417. The molecule has 4 heteroatoms. The van der Waals surface area contributed by atoms with Crippen molar-refractivity contribution in [2.24, 2.45) is 0 Å². The Morgan fingerprint density at radius 3 is 2.95 bits per heavy atom. The summed E-state index contributed by atoms with van der Waals surface area (Å²) < 4.78 is 5.77. The van der Waals surface area contributed by atoms with Gasteiger partial charge in [-0.15, -0.1) is 0 Å². The highest BCUT2D eigenvalue weighted by atomic mass is 16.5. The van der Waals surface area contributed by atoms with Crippen LogP contribution in [0.1, 0.15) is 43.1 Å². The SMILES string of the molecule is CCC(=O)c1ccc(OCC2CCCCN2C)cn1. The molecule has 1 aromatic heterocycles. The molecule has 1 unspecified atom stereocenters. The van der Waals surface area contributed by atoms with Crippen LogP contribution in [0.15, 0.2) is 18.3 Å². The normalized spacial score (nSPS) is 20.2. The van der Waals surface area contributed by atoms with Gasteiger partial charge >= 0.3 is 0 Å². The van der Waals surface area contributed by atoms with Crippen molar-refractivity contribution >= 4 is 5.78 Å². The van der Waals surface area contributed by atoms with Crippen LogP contribution < -0.4 is 4.74 Å². The Hall–Kier alpha value is -1.42. The Labute approximate surface area is 114 Å². The number of pyridine rings is 1. The average Bonchev–Trinajstić information content (AvgIpc) is 2.46. The van der Waals surface area contributed by atoms with Crippen molar-refractivity contribution in [2.75, 3.05) is 20.2 Å². The predicted molar refractivity (Wildman–Crippen MR) is 74.6 cm³/mol. The Morgan fingerprint density at radius 1 is 1.47 bits per heavy atom. The number of hydrogen-bond donors (Lipinski definition) is 0. The third kappa shape index (κ3) is 3.77. The molecule has 19 heavy (non-hydrogen) atoms. The number of ether oxygens (including phenoxy) is 1. The van der Waals surface area contributed by atoms with Gasteiger partial charge in [0, 0.05) is 12.5 Å². The zero-order valence-corrected chi connectivity index (χ0v) is 11.8. The molecule has 0 spiro atoms. The smallest absolute Gasteiger partial charge is 0.180 e. The van der Waals surface area contributed by atoms with Crippen LogP contribution >= 0.6 is 0 Å². The minimum absolute atomic E-state index is 0.0681. The molecule has 0 amide bonds. The maximum absolute atomic E-state index is 11.5. The summed E-state index contributed by atoms with van der Waals surface area (Å²) in [5.41, 5.74) is 0.518. The zero-order chi connectivity index (χ0) is 13.7. The number of nitrogens with zero attached hydrogens (tertiary/aromatic N) is 2. The third-order valence-corrected chi connectivity index (χ3v) is 3.71. The fourth-order valence-corrected chi connectivity index (χ4v) is 2.36. The molecule has 2 heterocycles. The minimum Gasteiger partial charge on any atom is -0.490 e. The number of ketones is 1. The molecule has 2 rings (SSSR count). The number of piperidine rings is 1. The second-order valence-electron chi connectivity index (χ2n) is 5.10. The van der Waals surface area contributed by atoms with Crippen LogP contribution in [0.5, 0.6) is 5.75 Å². The monoisotopic (exact) mass is 262 g/mol. The van der Waals surface area contributed by atoms with Crippen molar-refractivity contribution in [2.45, 2.75) is 38.6 Å². The minimum atomic E-state index is 0.0681. The Kier molecular flexibility index (Phi) is 4.91. The van der Waals surface area contributed by atoms with Gasteiger partial charge in [-0.05, 0) is 38.6 Å². The molecule has 0 bridgehead atoms. The summed E-state index contributed by atoms with van der Waals surface area (Å²) in [4.78, 5) is 18.0. The molecule has 1 fully saturated rings. The highest BCUT2D eigenvalue weighted by Gasteiger charge is 2.19. The van der Waals surface area contributed by atoms with Gasteiger partial charge in [-0.3, -0.25) is 4.79 Å². The summed E-state index contributed by atoms with van der Waals surface area (Å²) in [6, 6.07) is 4.07. The molecule has 1 saturated heterocycles. The predicted octanol–water partition coefficient (Wildman–Crippen LogP) is 2.54. The standard InChI is InChI=1S/C15H22N2O2/c1-3-15(18)14-8-7-13(10-16-14)19-11-12-6-4-5-9-17(12)2/h7-8,10,12H,3-6,9,11H2,1-2H3. The van der Waals surface area contributed by atoms with Crippen LogP contribution in [0.4, 0.5) is 0 Å². The van der Waals surface area contributed by atoms with Gasteiger partial charge in [-0.2, -0.15) is 0 Å². The third-order valence-electron chi connectivity index (χ3n) is 3.71. The number of carbonyl (C=O) groups excluding carboxylic acids is 1. The first-order valence-electron chi connectivity index (χ1n) is 7.03. The van der Waals surface area contributed by atoms with E-state index >= 15 is 0 Å². The summed E-state index contributed by atoms with van der Waals surface area (Å²) >= 11 is 0. The number of carbonyl (C=O) groups is 1. The molecule has 104 valence electrons. The van der Waals surface area contributed by atoms with E-state index in [0.717, 1.165) is 12.3 Å². The molecule has 0 saturated carbocycles. The first kappa shape index (κ1) is 14.0. The summed E-state index contributed by atoms with van der Waals surface area (Å²) in [7, 11) is 2.15. The van der Waals surface area contributed by atoms with Crippen LogP contribution in [-0.2, 0) is 0 Å². The fraction of sp³-hybridized carbons (Fsp3) is 0.600. The molecule has 4 nitrogen and oxygen atoms in total. The number of rotatable bonds is 5. The van der Waals surface area contributed by atoms with E-state index < -0.39 is 0 Å². The van der Waals surface area contributed by atoms with E-state index in [0.29, 0.717) is 24.8 Å². The first-order valence-corrected chi connectivity index (χ1v) is 7.03. The van der Waals surface area contributed by atoms with Gasteiger partial charge in [0.2, 0.25) is 0 Å². The van der Waals surface area contributed by atoms with Gasteiger partial charge in [0.1, 0.15) is 18.1 Å². The summed E-state index contributed by atoms with van der Waals surface area (Å²) in [6.45, 7) is 3.68. The largest absolute Gasteiger partial charge is 0.490 e. The number of hydrogen-bond acceptors (Lipinski definition) is 4. The van der Waals surface area contributed by atoms with E-state index in [1.54, 1.807) is 12.3 Å². The van der Waals surface area contributed by atoms with E-state index in [9.17, 15) is 4.79 Å². The summed E-state index contributed by atoms with van der Waals surface area (Å²) in [5, 5.41) is 0. The second-order valence-corrected chi connectivity index (χ2v) is 5.10. The maximum Gasteiger partial charge on any atom is 0.180 e. The van der Waals surface area contributed by atoms with Crippen LogP contribution in [-0.4, -0.2) is 41.9 Å². The van der Waals surface area contributed by atoms with Crippen molar-refractivity contribution in [3.8, 4) is 5.75 Å². The lowest BCUT2D eigenvalue weighted by molar-refractivity contribution is 0.0983. The Balaban J connectivity index is 1.87. The fourth-order valence-electron chi connectivity index (χ4n) is 2.36. The van der Waals surface area contributed by atoms with Crippen molar-refractivity contribution in [3.05, 3.63) is 24.0 Å². The van der Waals surface area contributed by atoms with E-state index in [4.69, 9.17) is 4.74 Å². The quantitative estimate of drug-likeness (QED) is 0.765. The average molecular weight is 262 g/mol. The number of likely N-dealkylation sites (tertiary alicyclic amines) is 1. The van der Waals surface area contributed by atoms with Gasteiger partial charge < -0.3 is 9.64 Å². The Morgan fingerprint density at radius 2 is 2.32 bits per heavy atom. The van der Waals surface area contributed by atoms with E-state index in [-0.39, 0.29) is 5.78 Å². The van der Waals surface area contributed by atoms with Crippen LogP contribution in [0.25, 0.3) is 0 Å². The molecule has 1 aliphatic rings. The lowest BCUT2D eigenvalue weighted by Crippen LogP contribution is -2.40. The van der Waals surface area contributed by atoms with E-state index in [1.165, 1.54) is 19.3 Å². The molecular weight excluding hydrogens is 240 g/mol. The van der Waals surface area contributed by atoms with E-state index in [1.807, 2.05) is 13.0 Å². The van der Waals surface area contributed by atoms with Gasteiger partial charge in [-0.25, -0.2) is 4.98 Å². The highest BCUT2D eigenvalue weighted by molar-refractivity contribution is 5.93. The number of aromatic nitrogens is 1. The maximum atomic E-state index is 11.5. The zero-order valence-electron chi connectivity index (χ0n) is 11.8. The van der Waals surface area contributed by atoms with Gasteiger partial charge in [0.15, 0.2) is 5.78 Å². The van der Waals surface area contributed by atoms with Crippen molar-refractivity contribution in [1.29, 1.82) is 0 Å². The van der Waals surface area contributed by atoms with E-state index in [2.05, 4.69) is 16.9 Å².